The van der Waals surface area contributed by atoms with Gasteiger partial charge in [0.1, 0.15) is 0 Å². The molecule has 0 atom stereocenters. The molecule has 0 aliphatic carbocycles. The number of aromatic nitrogens is 3. The number of aryl methyl sites for hydroxylation is 3. The van der Waals surface area contributed by atoms with Crippen molar-refractivity contribution in [1.29, 1.82) is 0 Å². The highest BCUT2D eigenvalue weighted by Gasteiger charge is 2.10. The maximum Gasteiger partial charge on any atom is 0.335 e. The molecule has 0 aliphatic heterocycles. The molecular weight excluding hydrogens is 290 g/mol. The van der Waals surface area contributed by atoms with Gasteiger partial charge in [0.15, 0.2) is 0 Å². The molecule has 2 aromatic heterocycles. The van der Waals surface area contributed by atoms with E-state index in [-0.39, 0.29) is 11.3 Å². The predicted molar refractivity (Wildman–Crippen MR) is 80.1 cm³/mol. The predicted octanol–water partition coefficient (Wildman–Crippen LogP) is 2.04. The zero-order valence-corrected chi connectivity index (χ0v) is 12.1. The van der Waals surface area contributed by atoms with Crippen molar-refractivity contribution in [2.24, 2.45) is 0 Å². The number of nitrogens with zero attached hydrogens (tertiary/aromatic N) is 2. The van der Waals surface area contributed by atoms with E-state index in [0.717, 1.165) is 10.7 Å². The Kier molecular flexibility index (Phi) is 3.34. The van der Waals surface area contributed by atoms with Crippen LogP contribution in [0.25, 0.3) is 11.0 Å². The van der Waals surface area contributed by atoms with Gasteiger partial charge in [-0.1, -0.05) is 0 Å². The van der Waals surface area contributed by atoms with E-state index in [1.807, 2.05) is 12.3 Å². The summed E-state index contributed by atoms with van der Waals surface area (Å²) in [5.74, 6) is -1.01. The van der Waals surface area contributed by atoms with Gasteiger partial charge in [-0.25, -0.2) is 14.6 Å². The Hall–Kier alpha value is -2.41. The molecule has 0 spiro atoms. The molecular formula is C14H13N3O3S. The van der Waals surface area contributed by atoms with Gasteiger partial charge in [0.2, 0.25) is 0 Å². The molecule has 0 saturated carbocycles. The van der Waals surface area contributed by atoms with Crippen molar-refractivity contribution in [3.63, 3.8) is 0 Å². The Balaban J connectivity index is 1.93. The van der Waals surface area contributed by atoms with Crippen molar-refractivity contribution in [3.05, 3.63) is 50.3 Å². The summed E-state index contributed by atoms with van der Waals surface area (Å²) < 4.78 is 1.61. The van der Waals surface area contributed by atoms with Crippen LogP contribution in [0.1, 0.15) is 21.1 Å². The fourth-order valence-electron chi connectivity index (χ4n) is 2.27. The summed E-state index contributed by atoms with van der Waals surface area (Å²) in [6.07, 6.45) is 0.665. The summed E-state index contributed by atoms with van der Waals surface area (Å²) >= 11 is 1.58. The molecule has 3 rings (SSSR count). The van der Waals surface area contributed by atoms with Crippen LogP contribution in [0.15, 0.2) is 28.4 Å². The zero-order valence-electron chi connectivity index (χ0n) is 11.3. The number of aromatic amines is 1. The Morgan fingerprint density at radius 3 is 2.95 bits per heavy atom. The summed E-state index contributed by atoms with van der Waals surface area (Å²) in [5.41, 5.74) is 2.12. The van der Waals surface area contributed by atoms with Gasteiger partial charge in [-0.3, -0.25) is 4.57 Å². The van der Waals surface area contributed by atoms with Crippen molar-refractivity contribution in [2.75, 3.05) is 0 Å². The van der Waals surface area contributed by atoms with Crippen LogP contribution in [0.2, 0.25) is 0 Å². The molecule has 0 amide bonds. The number of hydrogen-bond acceptors (Lipinski definition) is 4. The molecule has 2 heterocycles. The quantitative estimate of drug-likeness (QED) is 0.772. The highest BCUT2D eigenvalue weighted by molar-refractivity contribution is 7.09. The molecule has 3 aromatic rings. The first-order valence-corrected chi connectivity index (χ1v) is 7.29. The fourth-order valence-corrected chi connectivity index (χ4v) is 2.92. The Bertz CT molecular complexity index is 875. The zero-order chi connectivity index (χ0) is 15.0. The lowest BCUT2D eigenvalue weighted by molar-refractivity contribution is 0.0697. The van der Waals surface area contributed by atoms with Crippen LogP contribution in [0.4, 0.5) is 0 Å². The molecule has 7 heteroatoms. The maximum atomic E-state index is 12.0. The van der Waals surface area contributed by atoms with Crippen molar-refractivity contribution in [1.82, 2.24) is 14.5 Å². The third-order valence-corrected chi connectivity index (χ3v) is 4.10. The smallest absolute Gasteiger partial charge is 0.335 e. The second kappa shape index (κ2) is 5.17. The van der Waals surface area contributed by atoms with Gasteiger partial charge in [0.25, 0.3) is 0 Å². The third kappa shape index (κ3) is 2.59. The van der Waals surface area contributed by atoms with Gasteiger partial charge in [0, 0.05) is 18.3 Å². The number of aromatic carboxylic acids is 1. The van der Waals surface area contributed by atoms with Crippen molar-refractivity contribution in [3.8, 4) is 0 Å². The number of H-pyrrole nitrogens is 1. The monoisotopic (exact) mass is 303 g/mol. The number of carboxylic acid groups (broad SMARTS) is 1. The van der Waals surface area contributed by atoms with Gasteiger partial charge in [-0.15, -0.1) is 11.3 Å². The number of thiazole rings is 1. The number of rotatable bonds is 4. The van der Waals surface area contributed by atoms with Crippen LogP contribution in [0, 0.1) is 6.92 Å². The average Bonchev–Trinajstić information content (AvgIpc) is 2.98. The summed E-state index contributed by atoms with van der Waals surface area (Å²) in [6, 6.07) is 4.63. The minimum absolute atomic E-state index is 0.158. The third-order valence-electron chi connectivity index (χ3n) is 3.28. The van der Waals surface area contributed by atoms with E-state index in [4.69, 9.17) is 5.11 Å². The van der Waals surface area contributed by atoms with Crippen molar-refractivity contribution >= 4 is 28.3 Å². The summed E-state index contributed by atoms with van der Waals surface area (Å²) in [7, 11) is 0. The van der Waals surface area contributed by atoms with Gasteiger partial charge in [-0.2, -0.15) is 0 Å². The molecule has 6 nitrogen and oxygen atoms in total. The first kappa shape index (κ1) is 13.6. The van der Waals surface area contributed by atoms with E-state index in [1.54, 1.807) is 22.0 Å². The van der Waals surface area contributed by atoms with E-state index in [0.29, 0.717) is 24.0 Å². The Labute approximate surface area is 123 Å². The Morgan fingerprint density at radius 2 is 2.29 bits per heavy atom. The number of hydrogen-bond donors (Lipinski definition) is 2. The number of carbonyl (C=O) groups is 1. The van der Waals surface area contributed by atoms with Crippen LogP contribution < -0.4 is 5.69 Å². The standard InChI is InChI=1S/C14H13N3O3S/c1-8-15-10(7-21-8)4-5-17-12-3-2-9(13(18)19)6-11(12)16-14(17)20/h2-3,6-7H,4-5H2,1H3,(H,16,20)(H,18,19). The molecule has 1 aromatic carbocycles. The minimum atomic E-state index is -1.01. The van der Waals surface area contributed by atoms with Gasteiger partial charge < -0.3 is 10.1 Å². The first-order valence-electron chi connectivity index (χ1n) is 6.41. The van der Waals surface area contributed by atoms with Gasteiger partial charge in [-0.05, 0) is 25.1 Å². The lowest BCUT2D eigenvalue weighted by Crippen LogP contribution is -2.17. The molecule has 0 saturated heterocycles. The lowest BCUT2D eigenvalue weighted by atomic mass is 10.2. The number of benzene rings is 1. The highest BCUT2D eigenvalue weighted by atomic mass is 32.1. The number of carboxylic acids is 1. The maximum absolute atomic E-state index is 12.0. The van der Waals surface area contributed by atoms with E-state index in [2.05, 4.69) is 9.97 Å². The normalized spacial score (nSPS) is 11.1. The van der Waals surface area contributed by atoms with E-state index in [9.17, 15) is 9.59 Å². The molecule has 0 radical (unpaired) electrons. The SMILES string of the molecule is Cc1nc(CCn2c(=O)[nH]c3cc(C(=O)O)ccc32)cs1. The fraction of sp³-hybridized carbons (Fsp3) is 0.214. The van der Waals surface area contributed by atoms with E-state index in [1.165, 1.54) is 12.1 Å². The average molecular weight is 303 g/mol. The summed E-state index contributed by atoms with van der Waals surface area (Å²) in [6.45, 7) is 2.45. The molecule has 0 aliphatic rings. The van der Waals surface area contributed by atoms with Gasteiger partial charge in [0.05, 0.1) is 27.3 Å². The Morgan fingerprint density at radius 1 is 1.48 bits per heavy atom. The van der Waals surface area contributed by atoms with Crippen molar-refractivity contribution < 1.29 is 9.90 Å². The number of imidazole rings is 1. The van der Waals surface area contributed by atoms with Crippen LogP contribution in [-0.4, -0.2) is 25.6 Å². The van der Waals surface area contributed by atoms with Crippen LogP contribution in [0.3, 0.4) is 0 Å². The highest BCUT2D eigenvalue weighted by Crippen LogP contribution is 2.14. The lowest BCUT2D eigenvalue weighted by Gasteiger charge is -2.02. The second-order valence-electron chi connectivity index (χ2n) is 4.73. The van der Waals surface area contributed by atoms with E-state index < -0.39 is 5.97 Å². The van der Waals surface area contributed by atoms with Gasteiger partial charge >= 0.3 is 11.7 Å². The molecule has 21 heavy (non-hydrogen) atoms. The van der Waals surface area contributed by atoms with Crippen LogP contribution >= 0.6 is 11.3 Å². The largest absolute Gasteiger partial charge is 0.478 e. The molecule has 0 fully saturated rings. The second-order valence-corrected chi connectivity index (χ2v) is 5.79. The number of fused-ring (bicyclic) bond motifs is 1. The van der Waals surface area contributed by atoms with Crippen molar-refractivity contribution in [2.45, 2.75) is 19.9 Å². The van der Waals surface area contributed by atoms with Crippen LogP contribution in [-0.2, 0) is 13.0 Å². The molecule has 0 bridgehead atoms. The minimum Gasteiger partial charge on any atom is -0.478 e. The molecule has 0 unspecified atom stereocenters. The summed E-state index contributed by atoms with van der Waals surface area (Å²) in [4.78, 5) is 30.0. The molecule has 2 N–H and O–H groups in total. The van der Waals surface area contributed by atoms with E-state index >= 15 is 0 Å². The number of nitrogens with one attached hydrogen (secondary N) is 1. The summed E-state index contributed by atoms with van der Waals surface area (Å²) in [5, 5.41) is 12.0. The topological polar surface area (TPSA) is 88.0 Å². The van der Waals surface area contributed by atoms with Crippen LogP contribution in [0.5, 0.6) is 0 Å². The molecule has 108 valence electrons. The first-order chi connectivity index (χ1) is 10.0.